The van der Waals surface area contributed by atoms with Crippen LogP contribution < -0.4 is 0 Å². The van der Waals surface area contributed by atoms with Gasteiger partial charge < -0.3 is 5.11 Å². The third-order valence-electron chi connectivity index (χ3n) is 5.40. The second kappa shape index (κ2) is 14.1. The number of alkyl halides is 21. The van der Waals surface area contributed by atoms with Gasteiger partial charge in [-0.2, -0.15) is 0 Å². The van der Waals surface area contributed by atoms with Crippen LogP contribution in [0.3, 0.4) is 0 Å². The van der Waals surface area contributed by atoms with Crippen molar-refractivity contribution in [3.63, 3.8) is 0 Å². The van der Waals surface area contributed by atoms with E-state index in [1.54, 1.807) is 13.8 Å². The molecule has 0 saturated carbocycles. The van der Waals surface area contributed by atoms with Crippen molar-refractivity contribution in [3.8, 4) is 0 Å². The van der Waals surface area contributed by atoms with Crippen LogP contribution in [-0.4, -0.2) is 29.5 Å². The van der Waals surface area contributed by atoms with Gasteiger partial charge in [0.2, 0.25) is 24.4 Å². The van der Waals surface area contributed by atoms with Gasteiger partial charge in [0, 0.05) is 0 Å². The fourth-order valence-corrected chi connectivity index (χ4v) is 7.53. The molecule has 0 fully saturated rings. The standard InChI is InChI=1S/C19H11Cl21O/c1-5(2)10(41)9-7(12(22,23)15(28,29)18(35,36)37)3-6(11(20,21)14(26,27)17(32,33)34)4-8(9)13(24,25)16(30,31)19(38,39)40/h3-5,10,41H,1-2H3. The Balaban J connectivity index is 4.68. The molecule has 0 aliphatic rings. The number of rotatable bonds is 8. The predicted octanol–water partition coefficient (Wildman–Crippen LogP) is 14.9. The smallest absolute Gasteiger partial charge is 0.226 e. The highest BCUT2D eigenvalue weighted by Gasteiger charge is 2.66. The molecule has 0 aliphatic carbocycles. The van der Waals surface area contributed by atoms with Crippen LogP contribution in [-0.2, 0) is 13.0 Å². The van der Waals surface area contributed by atoms with E-state index in [0.29, 0.717) is 0 Å². The summed E-state index contributed by atoms with van der Waals surface area (Å²) in [6.07, 6.45) is -1.60. The number of halogens is 21. The number of aliphatic hydroxyl groups excluding tert-OH is 1. The minimum absolute atomic E-state index is 0.355. The molecule has 1 aromatic rings. The molecule has 0 spiro atoms. The van der Waals surface area contributed by atoms with Gasteiger partial charge in [0.1, 0.15) is 0 Å². The summed E-state index contributed by atoms with van der Waals surface area (Å²) in [6.45, 7) is 3.12. The molecule has 0 bridgehead atoms. The zero-order valence-corrected chi connectivity index (χ0v) is 35.1. The molecule has 1 aromatic carbocycles. The molecule has 1 nitrogen and oxygen atoms in total. The van der Waals surface area contributed by atoms with Crippen LogP contribution in [0.4, 0.5) is 0 Å². The van der Waals surface area contributed by atoms with Crippen LogP contribution in [0.1, 0.15) is 42.2 Å². The van der Waals surface area contributed by atoms with E-state index < -0.39 is 66.1 Å². The van der Waals surface area contributed by atoms with Gasteiger partial charge in [-0.3, -0.25) is 0 Å². The Morgan fingerprint density at radius 3 is 0.927 bits per heavy atom. The quantitative estimate of drug-likeness (QED) is 0.257. The van der Waals surface area contributed by atoms with Crippen molar-refractivity contribution in [3.05, 3.63) is 34.4 Å². The maximum absolute atomic E-state index is 11.4. The summed E-state index contributed by atoms with van der Waals surface area (Å²) in [6, 6.07) is 2.00. The monoisotopic (exact) mass is 989 g/mol. The fourth-order valence-electron chi connectivity index (χ4n) is 3.06. The van der Waals surface area contributed by atoms with E-state index in [-0.39, 0.29) is 5.56 Å². The van der Waals surface area contributed by atoms with Gasteiger partial charge in [0.25, 0.3) is 0 Å². The number of aliphatic hydroxyl groups is 1. The summed E-state index contributed by atoms with van der Waals surface area (Å²) in [5.41, 5.74) is -1.78. The third-order valence-corrected chi connectivity index (χ3v) is 17.2. The van der Waals surface area contributed by atoms with E-state index in [1.165, 1.54) is 0 Å². The molecule has 0 aliphatic heterocycles. The van der Waals surface area contributed by atoms with Crippen molar-refractivity contribution in [2.24, 2.45) is 5.92 Å². The highest BCUT2D eigenvalue weighted by Crippen LogP contribution is 2.67. The Bertz CT molecular complexity index is 1050. The first-order valence-electron chi connectivity index (χ1n) is 9.91. The lowest BCUT2D eigenvalue weighted by atomic mass is 9.84. The van der Waals surface area contributed by atoms with Crippen LogP contribution in [0.25, 0.3) is 0 Å². The molecule has 0 radical (unpaired) electrons. The number of hydrogen-bond acceptors (Lipinski definition) is 1. The first kappa shape index (κ1) is 44.3. The van der Waals surface area contributed by atoms with Gasteiger partial charge in [-0.25, -0.2) is 0 Å². The summed E-state index contributed by atoms with van der Waals surface area (Å²) in [5.74, 6) is -0.676. The van der Waals surface area contributed by atoms with Crippen LogP contribution in [0, 0.1) is 5.92 Å². The van der Waals surface area contributed by atoms with Crippen molar-refractivity contribution in [1.82, 2.24) is 0 Å². The van der Waals surface area contributed by atoms with E-state index >= 15 is 0 Å². The average molecular weight is 1000 g/mol. The minimum Gasteiger partial charge on any atom is -0.388 e. The summed E-state index contributed by atoms with van der Waals surface area (Å²) in [7, 11) is 0. The third kappa shape index (κ3) is 8.26. The van der Waals surface area contributed by atoms with Crippen molar-refractivity contribution in [2.75, 3.05) is 0 Å². The zero-order valence-electron chi connectivity index (χ0n) is 19.2. The molecule has 0 heterocycles. The molecule has 1 rings (SSSR count). The van der Waals surface area contributed by atoms with Gasteiger partial charge in [-0.05, 0) is 40.3 Å². The molecule has 1 atom stereocenters. The maximum atomic E-state index is 11.4. The molecule has 240 valence electrons. The summed E-state index contributed by atoms with van der Waals surface area (Å²) < 4.78 is -24.0. The predicted molar refractivity (Wildman–Crippen MR) is 191 cm³/mol. The summed E-state index contributed by atoms with van der Waals surface area (Å²) >= 11 is 132. The maximum Gasteiger partial charge on any atom is 0.226 e. The highest BCUT2D eigenvalue weighted by molar-refractivity contribution is 6.80. The second-order valence-corrected chi connectivity index (χ2v) is 23.4. The van der Waals surface area contributed by atoms with E-state index in [1.807, 2.05) is 0 Å². The van der Waals surface area contributed by atoms with E-state index in [0.717, 1.165) is 12.1 Å². The molecular weight excluding hydrogens is 989 g/mol. The van der Waals surface area contributed by atoms with Crippen molar-refractivity contribution < 1.29 is 5.11 Å². The highest BCUT2D eigenvalue weighted by atomic mass is 35.6. The van der Waals surface area contributed by atoms with Gasteiger partial charge in [-0.15, -0.1) is 0 Å². The largest absolute Gasteiger partial charge is 0.388 e. The Morgan fingerprint density at radius 1 is 0.463 bits per heavy atom. The molecule has 41 heavy (non-hydrogen) atoms. The van der Waals surface area contributed by atoms with E-state index in [9.17, 15) is 5.11 Å². The first-order valence-corrected chi connectivity index (χ1v) is 17.8. The SMILES string of the molecule is CC(C)C(O)c1c(C(Cl)(Cl)C(Cl)(Cl)C(Cl)(Cl)Cl)cc(C(Cl)(Cl)C(Cl)(Cl)C(Cl)(Cl)Cl)cc1C(Cl)(Cl)C(Cl)(Cl)C(Cl)(Cl)Cl. The Hall–Kier alpha value is 5.27. The van der Waals surface area contributed by atoms with Gasteiger partial charge >= 0.3 is 0 Å². The van der Waals surface area contributed by atoms with Crippen molar-refractivity contribution >= 4 is 244 Å². The number of benzene rings is 1. The molecule has 22 heteroatoms. The fraction of sp³-hybridized carbons (Fsp3) is 0.684. The topological polar surface area (TPSA) is 20.2 Å². The molecule has 0 amide bonds. The first-order chi connectivity index (χ1) is 17.6. The number of hydrogen-bond donors (Lipinski definition) is 1. The molecular formula is C19H11Cl21O. The van der Waals surface area contributed by atoms with Crippen LogP contribution >= 0.6 is 244 Å². The van der Waals surface area contributed by atoms with Crippen molar-refractivity contribution in [2.45, 2.75) is 57.3 Å². The summed E-state index contributed by atoms with van der Waals surface area (Å²) in [4.78, 5) is 0. The van der Waals surface area contributed by atoms with E-state index in [4.69, 9.17) is 244 Å². The molecule has 0 saturated heterocycles. The zero-order chi connectivity index (χ0) is 33.4. The Morgan fingerprint density at radius 2 is 0.707 bits per heavy atom. The summed E-state index contributed by atoms with van der Waals surface area (Å²) in [5, 5.41) is 11.4. The van der Waals surface area contributed by atoms with Crippen LogP contribution in [0.5, 0.6) is 0 Å². The van der Waals surface area contributed by atoms with Gasteiger partial charge in [-0.1, -0.05) is 257 Å². The van der Waals surface area contributed by atoms with Crippen LogP contribution in [0.15, 0.2) is 12.1 Å². The van der Waals surface area contributed by atoms with E-state index in [2.05, 4.69) is 0 Å². The lowest BCUT2D eigenvalue weighted by Gasteiger charge is -2.44. The molecule has 0 aromatic heterocycles. The Labute approximate surface area is 341 Å². The Kier molecular flexibility index (Phi) is 15.3. The normalized spacial score (nSPS) is 16.4. The average Bonchev–Trinajstić information content (AvgIpc) is 2.74. The van der Waals surface area contributed by atoms with Gasteiger partial charge in [0.05, 0.1) is 6.10 Å². The molecule has 1 N–H and O–H groups in total. The molecule has 1 unspecified atom stereocenters. The minimum atomic E-state index is -2.74. The lowest BCUT2D eigenvalue weighted by molar-refractivity contribution is 0.124. The van der Waals surface area contributed by atoms with Gasteiger partial charge in [0.15, 0.2) is 13.0 Å². The van der Waals surface area contributed by atoms with Crippen molar-refractivity contribution in [1.29, 1.82) is 0 Å². The lowest BCUT2D eigenvalue weighted by Crippen LogP contribution is -2.49. The second-order valence-electron chi connectivity index (χ2n) is 8.61. The van der Waals surface area contributed by atoms with Crippen LogP contribution in [0.2, 0.25) is 0 Å².